The van der Waals surface area contributed by atoms with Crippen molar-refractivity contribution in [3.8, 4) is 0 Å². The Morgan fingerprint density at radius 2 is 2.08 bits per heavy atom. The van der Waals surface area contributed by atoms with E-state index >= 15 is 0 Å². The van der Waals surface area contributed by atoms with Crippen LogP contribution in [0.5, 0.6) is 0 Å². The molecule has 0 saturated carbocycles. The third-order valence-electron chi connectivity index (χ3n) is 1.81. The minimum atomic E-state index is 0.977. The zero-order chi connectivity index (χ0) is 8.55. The number of rotatable bonds is 0. The first-order valence-electron chi connectivity index (χ1n) is 3.65. The van der Waals surface area contributed by atoms with Gasteiger partial charge in [-0.2, -0.15) is 0 Å². The van der Waals surface area contributed by atoms with Gasteiger partial charge in [-0.05, 0) is 28.9 Å². The summed E-state index contributed by atoms with van der Waals surface area (Å²) in [5, 5.41) is 1.10. The van der Waals surface area contributed by atoms with E-state index in [2.05, 4.69) is 25.9 Å². The standard InChI is InChI=1S/C9H7BrN2/c1-6-7-3-2-4-8(10)9(7)12-5-11-6/h2-5H,1H3. The van der Waals surface area contributed by atoms with Crippen molar-refractivity contribution in [3.63, 3.8) is 0 Å². The number of hydrogen-bond acceptors (Lipinski definition) is 2. The lowest BCUT2D eigenvalue weighted by molar-refractivity contribution is 1.15. The predicted molar refractivity (Wildman–Crippen MR) is 52.0 cm³/mol. The summed E-state index contributed by atoms with van der Waals surface area (Å²) in [5.41, 5.74) is 1.99. The van der Waals surface area contributed by atoms with Gasteiger partial charge >= 0.3 is 0 Å². The van der Waals surface area contributed by atoms with E-state index in [-0.39, 0.29) is 0 Å². The van der Waals surface area contributed by atoms with Crippen LogP contribution in [-0.2, 0) is 0 Å². The van der Waals surface area contributed by atoms with E-state index < -0.39 is 0 Å². The molecule has 0 aliphatic heterocycles. The molecule has 2 aromatic rings. The van der Waals surface area contributed by atoms with Crippen LogP contribution in [-0.4, -0.2) is 9.97 Å². The van der Waals surface area contributed by atoms with Crippen LogP contribution in [0.4, 0.5) is 0 Å². The highest BCUT2D eigenvalue weighted by molar-refractivity contribution is 9.10. The number of nitrogens with zero attached hydrogens (tertiary/aromatic N) is 2. The van der Waals surface area contributed by atoms with Gasteiger partial charge in [0.1, 0.15) is 6.33 Å². The molecule has 2 nitrogen and oxygen atoms in total. The third kappa shape index (κ3) is 1.10. The molecule has 0 aliphatic rings. The average molecular weight is 223 g/mol. The third-order valence-corrected chi connectivity index (χ3v) is 2.45. The Morgan fingerprint density at radius 3 is 2.83 bits per heavy atom. The van der Waals surface area contributed by atoms with Crippen LogP contribution in [0.15, 0.2) is 29.0 Å². The summed E-state index contributed by atoms with van der Waals surface area (Å²) in [6.07, 6.45) is 1.59. The molecule has 3 heteroatoms. The number of para-hydroxylation sites is 1. The number of halogens is 1. The SMILES string of the molecule is Cc1ncnc2c(Br)cccc12. The molecule has 2 rings (SSSR count). The Labute approximate surface area is 78.8 Å². The van der Waals surface area contributed by atoms with E-state index in [1.807, 2.05) is 25.1 Å². The number of aryl methyl sites for hydroxylation is 1. The fourth-order valence-electron chi connectivity index (χ4n) is 1.18. The minimum Gasteiger partial charge on any atom is -0.241 e. The van der Waals surface area contributed by atoms with Gasteiger partial charge in [0, 0.05) is 15.6 Å². The largest absolute Gasteiger partial charge is 0.241 e. The normalized spacial score (nSPS) is 10.5. The molecule has 1 aromatic heterocycles. The van der Waals surface area contributed by atoms with Gasteiger partial charge < -0.3 is 0 Å². The van der Waals surface area contributed by atoms with Crippen LogP contribution in [0.2, 0.25) is 0 Å². The van der Waals surface area contributed by atoms with E-state index in [9.17, 15) is 0 Å². The average Bonchev–Trinajstić information content (AvgIpc) is 2.07. The molecule has 0 unspecified atom stereocenters. The number of fused-ring (bicyclic) bond motifs is 1. The summed E-state index contributed by atoms with van der Waals surface area (Å²) in [6.45, 7) is 1.98. The highest BCUT2D eigenvalue weighted by Gasteiger charge is 2.00. The van der Waals surface area contributed by atoms with Crippen molar-refractivity contribution in [1.29, 1.82) is 0 Å². The number of aromatic nitrogens is 2. The van der Waals surface area contributed by atoms with Crippen LogP contribution in [0, 0.1) is 6.92 Å². The predicted octanol–water partition coefficient (Wildman–Crippen LogP) is 2.70. The maximum Gasteiger partial charge on any atom is 0.116 e. The Bertz CT molecular complexity index is 385. The second-order valence-corrected chi connectivity index (χ2v) is 3.45. The van der Waals surface area contributed by atoms with E-state index in [1.165, 1.54) is 0 Å². The van der Waals surface area contributed by atoms with Gasteiger partial charge in [-0.15, -0.1) is 0 Å². The summed E-state index contributed by atoms with van der Waals surface area (Å²) in [7, 11) is 0. The zero-order valence-corrected chi connectivity index (χ0v) is 8.17. The van der Waals surface area contributed by atoms with E-state index in [1.54, 1.807) is 6.33 Å². The maximum absolute atomic E-state index is 4.18. The van der Waals surface area contributed by atoms with Crippen LogP contribution < -0.4 is 0 Å². The molecule has 0 spiro atoms. The molecular weight excluding hydrogens is 216 g/mol. The fraction of sp³-hybridized carbons (Fsp3) is 0.111. The van der Waals surface area contributed by atoms with Gasteiger partial charge in [0.2, 0.25) is 0 Å². The van der Waals surface area contributed by atoms with Crippen molar-refractivity contribution in [2.24, 2.45) is 0 Å². The van der Waals surface area contributed by atoms with Crippen molar-refractivity contribution < 1.29 is 0 Å². The number of hydrogen-bond donors (Lipinski definition) is 0. The second kappa shape index (κ2) is 2.83. The number of benzene rings is 1. The van der Waals surface area contributed by atoms with Crippen LogP contribution in [0.1, 0.15) is 5.69 Å². The summed E-state index contributed by atoms with van der Waals surface area (Å²) < 4.78 is 1.02. The molecule has 12 heavy (non-hydrogen) atoms. The van der Waals surface area contributed by atoms with E-state index in [0.29, 0.717) is 0 Å². The van der Waals surface area contributed by atoms with Crippen LogP contribution in [0.3, 0.4) is 0 Å². The highest BCUT2D eigenvalue weighted by Crippen LogP contribution is 2.22. The first-order chi connectivity index (χ1) is 5.79. The molecule has 0 saturated heterocycles. The van der Waals surface area contributed by atoms with E-state index in [0.717, 1.165) is 21.1 Å². The van der Waals surface area contributed by atoms with Gasteiger partial charge in [-0.25, -0.2) is 9.97 Å². The van der Waals surface area contributed by atoms with Gasteiger partial charge in [-0.1, -0.05) is 12.1 Å². The minimum absolute atomic E-state index is 0.977. The lowest BCUT2D eigenvalue weighted by Gasteiger charge is -2.00. The molecule has 0 N–H and O–H groups in total. The molecule has 1 heterocycles. The summed E-state index contributed by atoms with van der Waals surface area (Å²) in [6, 6.07) is 5.99. The van der Waals surface area contributed by atoms with Gasteiger partial charge in [0.25, 0.3) is 0 Å². The zero-order valence-electron chi connectivity index (χ0n) is 6.58. The monoisotopic (exact) mass is 222 g/mol. The van der Waals surface area contributed by atoms with Crippen molar-refractivity contribution in [2.45, 2.75) is 6.92 Å². The molecule has 0 atom stereocenters. The highest BCUT2D eigenvalue weighted by atomic mass is 79.9. The lowest BCUT2D eigenvalue weighted by Crippen LogP contribution is -1.87. The summed E-state index contributed by atoms with van der Waals surface area (Å²) in [5.74, 6) is 0. The maximum atomic E-state index is 4.18. The molecule has 0 fully saturated rings. The van der Waals surface area contributed by atoms with Gasteiger partial charge in [0.05, 0.1) is 5.52 Å². The topological polar surface area (TPSA) is 25.8 Å². The van der Waals surface area contributed by atoms with Crippen molar-refractivity contribution in [3.05, 3.63) is 34.7 Å². The molecule has 0 amide bonds. The van der Waals surface area contributed by atoms with Crippen molar-refractivity contribution in [2.75, 3.05) is 0 Å². The van der Waals surface area contributed by atoms with E-state index in [4.69, 9.17) is 0 Å². The first kappa shape index (κ1) is 7.68. The Kier molecular flexibility index (Phi) is 1.81. The molecule has 0 aliphatic carbocycles. The molecule has 1 aromatic carbocycles. The molecule has 0 bridgehead atoms. The summed E-state index contributed by atoms with van der Waals surface area (Å²) >= 11 is 3.44. The Balaban J connectivity index is 2.94. The summed E-state index contributed by atoms with van der Waals surface area (Å²) in [4.78, 5) is 8.30. The van der Waals surface area contributed by atoms with Crippen molar-refractivity contribution >= 4 is 26.8 Å². The van der Waals surface area contributed by atoms with Gasteiger partial charge in [-0.3, -0.25) is 0 Å². The second-order valence-electron chi connectivity index (χ2n) is 2.60. The Hall–Kier alpha value is -0.960. The smallest absolute Gasteiger partial charge is 0.116 e. The molecule has 0 radical (unpaired) electrons. The van der Waals surface area contributed by atoms with Crippen LogP contribution in [0.25, 0.3) is 10.9 Å². The lowest BCUT2D eigenvalue weighted by atomic mass is 10.2. The van der Waals surface area contributed by atoms with Crippen molar-refractivity contribution in [1.82, 2.24) is 9.97 Å². The molecular formula is C9H7BrN2. The fourth-order valence-corrected chi connectivity index (χ4v) is 1.65. The van der Waals surface area contributed by atoms with Crippen LogP contribution >= 0.6 is 15.9 Å². The van der Waals surface area contributed by atoms with Gasteiger partial charge in [0.15, 0.2) is 0 Å². The quantitative estimate of drug-likeness (QED) is 0.686. The molecule has 60 valence electrons. The Morgan fingerprint density at radius 1 is 1.25 bits per heavy atom. The first-order valence-corrected chi connectivity index (χ1v) is 4.44.